The van der Waals surface area contributed by atoms with Gasteiger partial charge in [0.15, 0.2) is 5.75 Å². The van der Waals surface area contributed by atoms with E-state index in [1.165, 1.54) is 17.1 Å². The maximum atomic E-state index is 12.2. The first-order valence-corrected chi connectivity index (χ1v) is 10.5. The third-order valence-electron chi connectivity index (χ3n) is 4.19. The monoisotopic (exact) mass is 417 g/mol. The van der Waals surface area contributed by atoms with Crippen molar-refractivity contribution in [2.45, 2.75) is 19.1 Å². The highest BCUT2D eigenvalue weighted by molar-refractivity contribution is 7.88. The number of rotatable bonds is 8. The minimum atomic E-state index is -3.31. The Labute approximate surface area is 161 Å². The van der Waals surface area contributed by atoms with Gasteiger partial charge in [0.2, 0.25) is 10.0 Å². The highest BCUT2D eigenvalue weighted by Crippen LogP contribution is 2.21. The Balaban J connectivity index is 1.58. The standard InChI is InChI=1S/C17H21F2N3O5S/c1-28(23,24)21-16-6-7-25-10-12(16)11-26-14-4-2-13(3-5-14)22-9-15(8-20-22)27-17(18)19/h2-5,8-9,12,16-17,21H,6-7,10-11H2,1H3/t12-,16+/m1/s1. The topological polar surface area (TPSA) is 91.7 Å². The van der Waals surface area contributed by atoms with Gasteiger partial charge < -0.3 is 14.2 Å². The number of sulfonamides is 1. The molecule has 8 nitrogen and oxygen atoms in total. The summed E-state index contributed by atoms with van der Waals surface area (Å²) in [5, 5.41) is 3.97. The lowest BCUT2D eigenvalue weighted by atomic mass is 9.98. The van der Waals surface area contributed by atoms with Crippen LogP contribution < -0.4 is 14.2 Å². The molecule has 2 aromatic rings. The number of aromatic nitrogens is 2. The minimum absolute atomic E-state index is 0.0305. The average Bonchev–Trinajstić information content (AvgIpc) is 3.08. The Hall–Kier alpha value is -2.24. The summed E-state index contributed by atoms with van der Waals surface area (Å²) in [6.45, 7) is -1.70. The second kappa shape index (κ2) is 8.84. The molecule has 28 heavy (non-hydrogen) atoms. The van der Waals surface area contributed by atoms with Crippen LogP contribution >= 0.6 is 0 Å². The molecule has 1 fully saturated rings. The SMILES string of the molecule is CS(=O)(=O)N[C@H]1CCOC[C@@H]1COc1ccc(-n2cc(OC(F)F)cn2)cc1. The smallest absolute Gasteiger partial charge is 0.387 e. The molecule has 0 saturated carbocycles. The van der Waals surface area contributed by atoms with Gasteiger partial charge in [-0.2, -0.15) is 13.9 Å². The first kappa shape index (κ1) is 20.5. The predicted molar refractivity (Wildman–Crippen MR) is 96.4 cm³/mol. The van der Waals surface area contributed by atoms with E-state index in [4.69, 9.17) is 9.47 Å². The summed E-state index contributed by atoms with van der Waals surface area (Å²) in [5.74, 6) is 0.448. The van der Waals surface area contributed by atoms with Gasteiger partial charge in [0.05, 0.1) is 37.6 Å². The quantitative estimate of drug-likeness (QED) is 0.704. The molecule has 0 amide bonds. The normalized spacial score (nSPS) is 20.3. The fourth-order valence-electron chi connectivity index (χ4n) is 2.90. The van der Waals surface area contributed by atoms with Crippen LogP contribution in [0.25, 0.3) is 5.69 Å². The summed E-state index contributed by atoms with van der Waals surface area (Å²) < 4.78 is 67.0. The van der Waals surface area contributed by atoms with Crippen molar-refractivity contribution in [2.24, 2.45) is 5.92 Å². The summed E-state index contributed by atoms with van der Waals surface area (Å²) in [7, 11) is -3.31. The lowest BCUT2D eigenvalue weighted by molar-refractivity contribution is -0.0498. The van der Waals surface area contributed by atoms with Crippen molar-refractivity contribution in [3.63, 3.8) is 0 Å². The molecule has 1 aromatic heterocycles. The van der Waals surface area contributed by atoms with E-state index in [-0.39, 0.29) is 17.7 Å². The molecule has 11 heteroatoms. The van der Waals surface area contributed by atoms with Crippen molar-refractivity contribution in [3.8, 4) is 17.2 Å². The van der Waals surface area contributed by atoms with Gasteiger partial charge in [0, 0.05) is 18.6 Å². The van der Waals surface area contributed by atoms with Gasteiger partial charge in [-0.05, 0) is 30.7 Å². The van der Waals surface area contributed by atoms with Crippen LogP contribution in [-0.4, -0.2) is 56.9 Å². The number of benzene rings is 1. The summed E-state index contributed by atoms with van der Waals surface area (Å²) in [6, 6.07) is 6.64. The zero-order valence-electron chi connectivity index (χ0n) is 15.1. The Morgan fingerprint density at radius 3 is 2.75 bits per heavy atom. The second-order valence-electron chi connectivity index (χ2n) is 6.42. The second-order valence-corrected chi connectivity index (χ2v) is 8.20. The van der Waals surface area contributed by atoms with Crippen molar-refractivity contribution in [2.75, 3.05) is 26.1 Å². The van der Waals surface area contributed by atoms with E-state index in [2.05, 4.69) is 14.6 Å². The van der Waals surface area contributed by atoms with E-state index in [1.807, 2.05) is 0 Å². The van der Waals surface area contributed by atoms with Crippen LogP contribution in [0.5, 0.6) is 11.5 Å². The predicted octanol–water partition coefficient (Wildman–Crippen LogP) is 1.81. The fourth-order valence-corrected chi connectivity index (χ4v) is 3.76. The van der Waals surface area contributed by atoms with E-state index in [1.54, 1.807) is 24.3 Å². The minimum Gasteiger partial charge on any atom is -0.493 e. The number of hydrogen-bond donors (Lipinski definition) is 1. The van der Waals surface area contributed by atoms with Crippen LogP contribution in [0.4, 0.5) is 8.78 Å². The van der Waals surface area contributed by atoms with Gasteiger partial charge in [-0.1, -0.05) is 0 Å². The van der Waals surface area contributed by atoms with Crippen LogP contribution in [0, 0.1) is 5.92 Å². The summed E-state index contributed by atoms with van der Waals surface area (Å²) in [5.41, 5.74) is 0.647. The van der Waals surface area contributed by atoms with E-state index in [0.717, 1.165) is 6.26 Å². The van der Waals surface area contributed by atoms with Gasteiger partial charge in [0.1, 0.15) is 5.75 Å². The Morgan fingerprint density at radius 1 is 1.32 bits per heavy atom. The maximum absolute atomic E-state index is 12.2. The zero-order chi connectivity index (χ0) is 20.1. The van der Waals surface area contributed by atoms with E-state index >= 15 is 0 Å². The molecule has 1 aromatic carbocycles. The average molecular weight is 417 g/mol. The van der Waals surface area contributed by atoms with Crippen LogP contribution in [0.2, 0.25) is 0 Å². The number of halogens is 2. The molecule has 1 N–H and O–H groups in total. The Bertz CT molecular complexity index is 873. The van der Waals surface area contributed by atoms with Crippen molar-refractivity contribution < 1.29 is 31.4 Å². The lowest BCUT2D eigenvalue weighted by Crippen LogP contribution is -2.47. The largest absolute Gasteiger partial charge is 0.493 e. The molecule has 0 unspecified atom stereocenters. The van der Waals surface area contributed by atoms with Crippen molar-refractivity contribution in [3.05, 3.63) is 36.7 Å². The third kappa shape index (κ3) is 5.88. The summed E-state index contributed by atoms with van der Waals surface area (Å²) in [4.78, 5) is 0. The highest BCUT2D eigenvalue weighted by Gasteiger charge is 2.28. The molecule has 0 radical (unpaired) electrons. The Morgan fingerprint density at radius 2 is 2.07 bits per heavy atom. The highest BCUT2D eigenvalue weighted by atomic mass is 32.2. The van der Waals surface area contributed by atoms with Gasteiger partial charge in [-0.25, -0.2) is 17.8 Å². The first-order valence-electron chi connectivity index (χ1n) is 8.58. The van der Waals surface area contributed by atoms with E-state index in [0.29, 0.717) is 37.7 Å². The molecule has 2 heterocycles. The molecule has 1 aliphatic heterocycles. The number of nitrogens with zero attached hydrogens (tertiary/aromatic N) is 2. The molecule has 3 rings (SSSR count). The number of alkyl halides is 2. The van der Waals surface area contributed by atoms with Crippen molar-refractivity contribution in [1.29, 1.82) is 0 Å². The molecular weight excluding hydrogens is 396 g/mol. The van der Waals surface area contributed by atoms with Gasteiger partial charge in [-0.3, -0.25) is 0 Å². The molecule has 2 atom stereocenters. The molecule has 154 valence electrons. The lowest BCUT2D eigenvalue weighted by Gasteiger charge is -2.31. The number of ether oxygens (including phenoxy) is 3. The number of hydrogen-bond acceptors (Lipinski definition) is 6. The zero-order valence-corrected chi connectivity index (χ0v) is 15.9. The van der Waals surface area contributed by atoms with Gasteiger partial charge in [0.25, 0.3) is 0 Å². The van der Waals surface area contributed by atoms with Gasteiger partial charge in [-0.15, -0.1) is 0 Å². The molecular formula is C17H21F2N3O5S. The van der Waals surface area contributed by atoms with Gasteiger partial charge >= 0.3 is 6.61 Å². The van der Waals surface area contributed by atoms with Crippen LogP contribution in [0.1, 0.15) is 6.42 Å². The number of nitrogens with one attached hydrogen (secondary N) is 1. The van der Waals surface area contributed by atoms with Crippen LogP contribution in [0.15, 0.2) is 36.7 Å². The third-order valence-corrected chi connectivity index (χ3v) is 4.92. The molecule has 1 aliphatic rings. The first-order chi connectivity index (χ1) is 13.3. The molecule has 0 bridgehead atoms. The van der Waals surface area contributed by atoms with Crippen molar-refractivity contribution >= 4 is 10.0 Å². The van der Waals surface area contributed by atoms with E-state index in [9.17, 15) is 17.2 Å². The molecule has 1 saturated heterocycles. The summed E-state index contributed by atoms with van der Waals surface area (Å²) >= 11 is 0. The fraction of sp³-hybridized carbons (Fsp3) is 0.471. The van der Waals surface area contributed by atoms with Crippen LogP contribution in [0.3, 0.4) is 0 Å². The van der Waals surface area contributed by atoms with Crippen molar-refractivity contribution in [1.82, 2.24) is 14.5 Å². The molecule has 0 aliphatic carbocycles. The van der Waals surface area contributed by atoms with E-state index < -0.39 is 16.6 Å². The Kier molecular flexibility index (Phi) is 6.47. The summed E-state index contributed by atoms with van der Waals surface area (Å²) in [6.07, 6.45) is 4.27. The molecule has 0 spiro atoms. The van der Waals surface area contributed by atoms with Crippen LogP contribution in [-0.2, 0) is 14.8 Å². The maximum Gasteiger partial charge on any atom is 0.387 e.